The van der Waals surface area contributed by atoms with Gasteiger partial charge in [0.1, 0.15) is 0 Å². The average molecular weight is 432 g/mol. The Kier molecular flexibility index (Phi) is 5.04. The largest absolute Gasteiger partial charge is 0.367 e. The Morgan fingerprint density at radius 3 is 1.87 bits per heavy atom. The summed E-state index contributed by atoms with van der Waals surface area (Å²) in [5.41, 5.74) is 2.36. The lowest BCUT2D eigenvalue weighted by Gasteiger charge is -2.38. The quantitative estimate of drug-likeness (QED) is 0.526. The standard InChI is InChI=1S/C25H25N3O2S/c1-26-31(29,30)25-14-13-24(21-10-4-5-11-22(21)25)28-17-15-27(16-18-28)23-12-6-8-19-7-2-3-9-20(19)23/h2-14,26H,15-18H2,1H3. The summed E-state index contributed by atoms with van der Waals surface area (Å²) in [6.45, 7) is 3.59. The van der Waals surface area contributed by atoms with Gasteiger partial charge in [-0.15, -0.1) is 0 Å². The molecular weight excluding hydrogens is 406 g/mol. The van der Waals surface area contributed by atoms with Crippen molar-refractivity contribution in [2.24, 2.45) is 0 Å². The van der Waals surface area contributed by atoms with Crippen molar-refractivity contribution in [3.63, 3.8) is 0 Å². The molecule has 5 nitrogen and oxygen atoms in total. The first-order chi connectivity index (χ1) is 15.1. The monoisotopic (exact) mass is 431 g/mol. The van der Waals surface area contributed by atoms with Gasteiger partial charge < -0.3 is 9.80 Å². The van der Waals surface area contributed by atoms with Crippen LogP contribution in [0.4, 0.5) is 11.4 Å². The maximum atomic E-state index is 12.5. The van der Waals surface area contributed by atoms with Crippen LogP contribution in [0.15, 0.2) is 83.8 Å². The van der Waals surface area contributed by atoms with E-state index in [-0.39, 0.29) is 0 Å². The van der Waals surface area contributed by atoms with Crippen LogP contribution < -0.4 is 14.5 Å². The van der Waals surface area contributed by atoms with E-state index in [2.05, 4.69) is 57.0 Å². The minimum Gasteiger partial charge on any atom is -0.367 e. The summed E-state index contributed by atoms with van der Waals surface area (Å²) < 4.78 is 27.4. The Morgan fingerprint density at radius 1 is 0.645 bits per heavy atom. The van der Waals surface area contributed by atoms with Crippen molar-refractivity contribution in [1.29, 1.82) is 0 Å². The van der Waals surface area contributed by atoms with Crippen LogP contribution in [0.3, 0.4) is 0 Å². The fourth-order valence-corrected chi connectivity index (χ4v) is 5.48. The number of benzene rings is 4. The van der Waals surface area contributed by atoms with Crippen LogP contribution in [-0.4, -0.2) is 41.6 Å². The van der Waals surface area contributed by atoms with E-state index in [9.17, 15) is 8.42 Å². The predicted molar refractivity (Wildman–Crippen MR) is 129 cm³/mol. The van der Waals surface area contributed by atoms with Gasteiger partial charge in [0, 0.05) is 53.7 Å². The van der Waals surface area contributed by atoms with Gasteiger partial charge in [0.15, 0.2) is 0 Å². The van der Waals surface area contributed by atoms with Gasteiger partial charge >= 0.3 is 0 Å². The second kappa shape index (κ2) is 7.87. The van der Waals surface area contributed by atoms with Crippen LogP contribution in [0.1, 0.15) is 0 Å². The van der Waals surface area contributed by atoms with Crippen LogP contribution in [0.5, 0.6) is 0 Å². The third kappa shape index (κ3) is 3.52. The van der Waals surface area contributed by atoms with Crippen molar-refractivity contribution in [1.82, 2.24) is 4.72 Å². The molecule has 1 N–H and O–H groups in total. The molecule has 0 spiro atoms. The number of piperazine rings is 1. The van der Waals surface area contributed by atoms with E-state index in [0.717, 1.165) is 42.6 Å². The Labute approximate surface area is 183 Å². The van der Waals surface area contributed by atoms with Crippen molar-refractivity contribution in [3.05, 3.63) is 78.9 Å². The SMILES string of the molecule is CNS(=O)(=O)c1ccc(N2CCN(c3cccc4ccccc34)CC2)c2ccccc12. The second-order valence-corrected chi connectivity index (χ2v) is 9.66. The summed E-state index contributed by atoms with van der Waals surface area (Å²) in [6, 6.07) is 26.4. The molecule has 1 fully saturated rings. The molecule has 0 amide bonds. The highest BCUT2D eigenvalue weighted by atomic mass is 32.2. The van der Waals surface area contributed by atoms with Crippen LogP contribution >= 0.6 is 0 Å². The molecule has 0 saturated carbocycles. The Hall–Kier alpha value is -3.09. The van der Waals surface area contributed by atoms with Gasteiger partial charge in [-0.2, -0.15) is 0 Å². The molecule has 6 heteroatoms. The van der Waals surface area contributed by atoms with E-state index < -0.39 is 10.0 Å². The Balaban J connectivity index is 1.45. The van der Waals surface area contributed by atoms with Crippen molar-refractivity contribution in [3.8, 4) is 0 Å². The predicted octanol–water partition coefficient (Wildman–Crippen LogP) is 4.23. The fourth-order valence-electron chi connectivity index (χ4n) is 4.55. The van der Waals surface area contributed by atoms with Crippen LogP contribution in [0.25, 0.3) is 21.5 Å². The number of anilines is 2. The van der Waals surface area contributed by atoms with Crippen LogP contribution in [-0.2, 0) is 10.0 Å². The molecule has 4 aromatic carbocycles. The number of fused-ring (bicyclic) bond motifs is 2. The van der Waals surface area contributed by atoms with Crippen molar-refractivity contribution in [2.45, 2.75) is 4.90 Å². The number of rotatable bonds is 4. The van der Waals surface area contributed by atoms with Gasteiger partial charge in [-0.1, -0.05) is 60.7 Å². The van der Waals surface area contributed by atoms with E-state index in [1.807, 2.05) is 30.3 Å². The molecule has 0 aromatic heterocycles. The first kappa shape index (κ1) is 19.8. The normalized spacial score (nSPS) is 15.0. The molecule has 0 radical (unpaired) electrons. The Morgan fingerprint density at radius 2 is 1.19 bits per heavy atom. The molecule has 0 bridgehead atoms. The number of hydrogen-bond acceptors (Lipinski definition) is 4. The number of hydrogen-bond donors (Lipinski definition) is 1. The second-order valence-electron chi connectivity index (χ2n) is 7.81. The highest BCUT2D eigenvalue weighted by molar-refractivity contribution is 7.89. The lowest BCUT2D eigenvalue weighted by atomic mass is 10.1. The molecule has 31 heavy (non-hydrogen) atoms. The van der Waals surface area contributed by atoms with Gasteiger partial charge in [0.05, 0.1) is 4.90 Å². The van der Waals surface area contributed by atoms with Gasteiger partial charge in [-0.25, -0.2) is 13.1 Å². The lowest BCUT2D eigenvalue weighted by Crippen LogP contribution is -2.46. The molecular formula is C25H25N3O2S. The zero-order valence-electron chi connectivity index (χ0n) is 17.5. The van der Waals surface area contributed by atoms with Gasteiger partial charge in [-0.05, 0) is 30.6 Å². The van der Waals surface area contributed by atoms with Crippen molar-refractivity contribution >= 4 is 42.9 Å². The molecule has 1 heterocycles. The first-order valence-electron chi connectivity index (χ1n) is 10.5. The zero-order valence-corrected chi connectivity index (χ0v) is 18.3. The fraction of sp³-hybridized carbons (Fsp3) is 0.200. The maximum absolute atomic E-state index is 12.5. The van der Waals surface area contributed by atoms with Crippen molar-refractivity contribution < 1.29 is 8.42 Å². The summed E-state index contributed by atoms with van der Waals surface area (Å²) >= 11 is 0. The molecule has 5 rings (SSSR count). The lowest BCUT2D eigenvalue weighted by molar-refractivity contribution is 0.589. The molecule has 0 unspecified atom stereocenters. The topological polar surface area (TPSA) is 52.7 Å². The first-order valence-corrected chi connectivity index (χ1v) is 12.0. The molecule has 1 aliphatic heterocycles. The third-order valence-electron chi connectivity index (χ3n) is 6.15. The molecule has 1 aliphatic rings. The zero-order chi connectivity index (χ0) is 21.4. The minimum atomic E-state index is -3.51. The highest BCUT2D eigenvalue weighted by Crippen LogP contribution is 2.33. The third-order valence-corrected chi connectivity index (χ3v) is 7.62. The van der Waals surface area contributed by atoms with Gasteiger partial charge in [0.2, 0.25) is 10.0 Å². The molecule has 4 aromatic rings. The van der Waals surface area contributed by atoms with Crippen LogP contribution in [0, 0.1) is 0 Å². The summed E-state index contributed by atoms with van der Waals surface area (Å²) in [6.07, 6.45) is 0. The number of nitrogens with one attached hydrogen (secondary N) is 1. The van der Waals surface area contributed by atoms with Gasteiger partial charge in [0.25, 0.3) is 0 Å². The molecule has 0 atom stereocenters. The molecule has 0 aliphatic carbocycles. The minimum absolute atomic E-state index is 0.323. The highest BCUT2D eigenvalue weighted by Gasteiger charge is 2.22. The van der Waals surface area contributed by atoms with E-state index in [1.165, 1.54) is 23.5 Å². The van der Waals surface area contributed by atoms with E-state index in [1.54, 1.807) is 6.07 Å². The maximum Gasteiger partial charge on any atom is 0.240 e. The summed E-state index contributed by atoms with van der Waals surface area (Å²) in [7, 11) is -2.07. The molecule has 158 valence electrons. The van der Waals surface area contributed by atoms with Crippen molar-refractivity contribution in [2.75, 3.05) is 43.0 Å². The summed E-state index contributed by atoms with van der Waals surface area (Å²) in [5, 5.41) is 4.27. The molecule has 1 saturated heterocycles. The Bertz CT molecular complexity index is 1350. The number of nitrogens with zero attached hydrogens (tertiary/aromatic N) is 2. The smallest absolute Gasteiger partial charge is 0.240 e. The number of sulfonamides is 1. The van der Waals surface area contributed by atoms with Crippen LogP contribution in [0.2, 0.25) is 0 Å². The van der Waals surface area contributed by atoms with E-state index in [4.69, 9.17) is 0 Å². The van der Waals surface area contributed by atoms with E-state index >= 15 is 0 Å². The van der Waals surface area contributed by atoms with E-state index in [0.29, 0.717) is 4.90 Å². The summed E-state index contributed by atoms with van der Waals surface area (Å²) in [5.74, 6) is 0. The summed E-state index contributed by atoms with van der Waals surface area (Å²) in [4.78, 5) is 5.13. The average Bonchev–Trinajstić information content (AvgIpc) is 2.83. The van der Waals surface area contributed by atoms with Gasteiger partial charge in [-0.3, -0.25) is 0 Å².